The Bertz CT molecular complexity index is 332. The molecule has 0 aromatic carbocycles. The van der Waals surface area contributed by atoms with Gasteiger partial charge in [0.2, 0.25) is 0 Å². The van der Waals surface area contributed by atoms with E-state index < -0.39 is 0 Å². The Morgan fingerprint density at radius 3 is 2.69 bits per heavy atom. The summed E-state index contributed by atoms with van der Waals surface area (Å²) in [7, 11) is 0. The molecule has 0 aliphatic heterocycles. The summed E-state index contributed by atoms with van der Waals surface area (Å²) in [6, 6.07) is 0.726. The molecule has 1 aromatic heterocycles. The van der Waals surface area contributed by atoms with Crippen molar-refractivity contribution in [1.29, 1.82) is 0 Å². The molecule has 16 heavy (non-hydrogen) atoms. The average molecular weight is 223 g/mol. The monoisotopic (exact) mass is 223 g/mol. The van der Waals surface area contributed by atoms with Crippen LogP contribution >= 0.6 is 0 Å². The van der Waals surface area contributed by atoms with E-state index in [1.54, 1.807) is 0 Å². The van der Waals surface area contributed by atoms with E-state index in [1.165, 1.54) is 12.8 Å². The highest BCUT2D eigenvalue weighted by molar-refractivity contribution is 4.95. The third-order valence-corrected chi connectivity index (χ3v) is 3.55. The summed E-state index contributed by atoms with van der Waals surface area (Å²) in [5, 5.41) is 17.7. The van der Waals surface area contributed by atoms with E-state index in [2.05, 4.69) is 53.6 Å². The molecule has 2 N–H and O–H groups in total. The predicted molar refractivity (Wildman–Crippen MR) is 61.7 cm³/mol. The number of hydrogen-bond donors (Lipinski definition) is 2. The number of hydrogen-bond acceptors (Lipinski definition) is 4. The number of nitrogens with zero attached hydrogens (tertiary/aromatic N) is 3. The van der Waals surface area contributed by atoms with Gasteiger partial charge in [-0.1, -0.05) is 26.0 Å². The van der Waals surface area contributed by atoms with E-state index >= 15 is 0 Å². The van der Waals surface area contributed by atoms with Crippen LogP contribution in [0.15, 0.2) is 0 Å². The minimum absolute atomic E-state index is 0.167. The zero-order valence-corrected chi connectivity index (χ0v) is 10.5. The first kappa shape index (κ1) is 11.5. The predicted octanol–water partition coefficient (Wildman–Crippen LogP) is 1.67. The van der Waals surface area contributed by atoms with Gasteiger partial charge in [0.25, 0.3) is 0 Å². The SMILES string of the molecule is CC(NC1CC(C)(C)CC1C)c1nn[nH]n1. The van der Waals surface area contributed by atoms with Crippen LogP contribution in [0.25, 0.3) is 0 Å². The number of aromatic nitrogens is 4. The van der Waals surface area contributed by atoms with Crippen molar-refractivity contribution >= 4 is 0 Å². The third-order valence-electron chi connectivity index (χ3n) is 3.55. The van der Waals surface area contributed by atoms with Crippen molar-refractivity contribution in [2.45, 2.75) is 52.6 Å². The molecule has 5 heteroatoms. The Labute approximate surface area is 96.4 Å². The molecule has 3 unspecified atom stereocenters. The van der Waals surface area contributed by atoms with Gasteiger partial charge in [-0.25, -0.2) is 0 Å². The van der Waals surface area contributed by atoms with Gasteiger partial charge in [0, 0.05) is 6.04 Å². The number of rotatable bonds is 3. The molecule has 1 fully saturated rings. The van der Waals surface area contributed by atoms with Crippen molar-refractivity contribution in [3.05, 3.63) is 5.82 Å². The van der Waals surface area contributed by atoms with Crippen molar-refractivity contribution in [2.75, 3.05) is 0 Å². The lowest BCUT2D eigenvalue weighted by molar-refractivity contribution is 0.354. The highest BCUT2D eigenvalue weighted by atomic mass is 15.5. The topological polar surface area (TPSA) is 66.5 Å². The molecule has 1 saturated carbocycles. The maximum Gasteiger partial charge on any atom is 0.191 e. The molecule has 2 rings (SSSR count). The minimum atomic E-state index is 0.167. The third kappa shape index (κ3) is 2.40. The second-order valence-electron chi connectivity index (χ2n) is 5.81. The Balaban J connectivity index is 1.95. The van der Waals surface area contributed by atoms with Gasteiger partial charge in [-0.15, -0.1) is 10.2 Å². The summed E-state index contributed by atoms with van der Waals surface area (Å²) in [5.41, 5.74) is 0.452. The maximum absolute atomic E-state index is 4.01. The molecule has 0 amide bonds. The van der Waals surface area contributed by atoms with Crippen molar-refractivity contribution in [3.8, 4) is 0 Å². The molecule has 1 aromatic rings. The van der Waals surface area contributed by atoms with E-state index in [1.807, 2.05) is 0 Å². The molecular formula is C11H21N5. The van der Waals surface area contributed by atoms with Crippen molar-refractivity contribution < 1.29 is 0 Å². The van der Waals surface area contributed by atoms with Crippen LogP contribution in [-0.4, -0.2) is 26.7 Å². The van der Waals surface area contributed by atoms with Gasteiger partial charge < -0.3 is 5.32 Å². The normalized spacial score (nSPS) is 30.5. The fourth-order valence-electron chi connectivity index (χ4n) is 2.87. The molecule has 0 saturated heterocycles. The Morgan fingerprint density at radius 1 is 1.44 bits per heavy atom. The number of tetrazole rings is 1. The van der Waals surface area contributed by atoms with Crippen molar-refractivity contribution in [3.63, 3.8) is 0 Å². The van der Waals surface area contributed by atoms with E-state index in [0.29, 0.717) is 17.4 Å². The van der Waals surface area contributed by atoms with Crippen LogP contribution < -0.4 is 5.32 Å². The quantitative estimate of drug-likeness (QED) is 0.818. The molecule has 90 valence electrons. The molecule has 1 heterocycles. The first-order chi connectivity index (χ1) is 7.48. The second-order valence-corrected chi connectivity index (χ2v) is 5.81. The van der Waals surface area contributed by atoms with E-state index in [0.717, 1.165) is 5.82 Å². The van der Waals surface area contributed by atoms with Crippen molar-refractivity contribution in [1.82, 2.24) is 25.9 Å². The van der Waals surface area contributed by atoms with Crippen molar-refractivity contribution in [2.24, 2.45) is 11.3 Å². The van der Waals surface area contributed by atoms with Crippen LogP contribution in [-0.2, 0) is 0 Å². The first-order valence-corrected chi connectivity index (χ1v) is 5.97. The largest absolute Gasteiger partial charge is 0.304 e. The summed E-state index contributed by atoms with van der Waals surface area (Å²) >= 11 is 0. The fourth-order valence-corrected chi connectivity index (χ4v) is 2.87. The number of aromatic amines is 1. The smallest absolute Gasteiger partial charge is 0.191 e. The molecule has 3 atom stereocenters. The highest BCUT2D eigenvalue weighted by Gasteiger charge is 2.37. The molecule has 1 aliphatic carbocycles. The summed E-state index contributed by atoms with van der Waals surface area (Å²) in [6.07, 6.45) is 2.50. The Hall–Kier alpha value is -0.970. The number of H-pyrrole nitrogens is 1. The summed E-state index contributed by atoms with van der Waals surface area (Å²) in [6.45, 7) is 9.08. The summed E-state index contributed by atoms with van der Waals surface area (Å²) in [5.74, 6) is 1.46. The van der Waals surface area contributed by atoms with Gasteiger partial charge in [-0.2, -0.15) is 5.21 Å². The summed E-state index contributed by atoms with van der Waals surface area (Å²) < 4.78 is 0. The van der Waals surface area contributed by atoms with Gasteiger partial charge >= 0.3 is 0 Å². The Kier molecular flexibility index (Phi) is 2.97. The molecule has 0 bridgehead atoms. The van der Waals surface area contributed by atoms with E-state index in [9.17, 15) is 0 Å². The van der Waals surface area contributed by atoms with Gasteiger partial charge in [-0.3, -0.25) is 0 Å². The average Bonchev–Trinajstić information content (AvgIpc) is 2.74. The minimum Gasteiger partial charge on any atom is -0.304 e. The van der Waals surface area contributed by atoms with Crippen LogP contribution in [0.5, 0.6) is 0 Å². The van der Waals surface area contributed by atoms with Crippen LogP contribution in [0.2, 0.25) is 0 Å². The van der Waals surface area contributed by atoms with Crippen LogP contribution in [0, 0.1) is 11.3 Å². The highest BCUT2D eigenvalue weighted by Crippen LogP contribution is 2.41. The van der Waals surface area contributed by atoms with E-state index in [-0.39, 0.29) is 6.04 Å². The molecule has 1 aliphatic rings. The summed E-state index contributed by atoms with van der Waals surface area (Å²) in [4.78, 5) is 0. The van der Waals surface area contributed by atoms with Gasteiger partial charge in [0.1, 0.15) is 0 Å². The fraction of sp³-hybridized carbons (Fsp3) is 0.909. The van der Waals surface area contributed by atoms with Crippen LogP contribution in [0.3, 0.4) is 0 Å². The molecule has 0 spiro atoms. The molecular weight excluding hydrogens is 202 g/mol. The zero-order chi connectivity index (χ0) is 11.8. The van der Waals surface area contributed by atoms with E-state index in [4.69, 9.17) is 0 Å². The van der Waals surface area contributed by atoms with Crippen LogP contribution in [0.4, 0.5) is 0 Å². The Morgan fingerprint density at radius 2 is 2.19 bits per heavy atom. The lowest BCUT2D eigenvalue weighted by Gasteiger charge is -2.21. The maximum atomic E-state index is 4.01. The van der Waals surface area contributed by atoms with Gasteiger partial charge in [-0.05, 0) is 31.1 Å². The zero-order valence-electron chi connectivity index (χ0n) is 10.5. The molecule has 5 nitrogen and oxygen atoms in total. The first-order valence-electron chi connectivity index (χ1n) is 5.97. The lowest BCUT2D eigenvalue weighted by Crippen LogP contribution is -2.34. The van der Waals surface area contributed by atoms with Crippen LogP contribution in [0.1, 0.15) is 52.4 Å². The molecule has 0 radical (unpaired) electrons. The lowest BCUT2D eigenvalue weighted by atomic mass is 9.91. The van der Waals surface area contributed by atoms with Gasteiger partial charge in [0.15, 0.2) is 5.82 Å². The standard InChI is InChI=1S/C11H21N5/c1-7-5-11(3,4)6-9(7)12-8(2)10-13-15-16-14-10/h7-9,12H,5-6H2,1-4H3,(H,13,14,15,16). The van der Waals surface area contributed by atoms with Gasteiger partial charge in [0.05, 0.1) is 6.04 Å². The number of nitrogens with one attached hydrogen (secondary N) is 2. The second kappa shape index (κ2) is 4.13.